The summed E-state index contributed by atoms with van der Waals surface area (Å²) >= 11 is 0. The number of carbonyl (C=O) groups excluding carboxylic acids is 1. The highest BCUT2D eigenvalue weighted by Gasteiger charge is 2.26. The lowest BCUT2D eigenvalue weighted by atomic mass is 9.98. The van der Waals surface area contributed by atoms with E-state index in [0.717, 1.165) is 52.1 Å². The van der Waals surface area contributed by atoms with Crippen LogP contribution in [0.4, 0.5) is 0 Å². The molecule has 1 rings (SSSR count). The predicted molar refractivity (Wildman–Crippen MR) is 73.6 cm³/mol. The van der Waals surface area contributed by atoms with Crippen molar-refractivity contribution in [1.29, 1.82) is 0 Å². The van der Waals surface area contributed by atoms with Crippen molar-refractivity contribution in [3.05, 3.63) is 0 Å². The lowest BCUT2D eigenvalue weighted by Gasteiger charge is -2.32. The third-order valence-corrected chi connectivity index (χ3v) is 3.75. The number of likely N-dealkylation sites (tertiary alicyclic amines) is 1. The normalized spacial score (nSPS) is 21.2. The van der Waals surface area contributed by atoms with Crippen LogP contribution in [0.15, 0.2) is 0 Å². The van der Waals surface area contributed by atoms with Crippen LogP contribution in [0.3, 0.4) is 0 Å². The first kappa shape index (κ1) is 15.4. The first-order valence-electron chi connectivity index (χ1n) is 7.32. The van der Waals surface area contributed by atoms with Crippen LogP contribution in [0, 0.1) is 5.92 Å². The zero-order chi connectivity index (χ0) is 13.4. The fraction of sp³-hybridized carbons (Fsp3) is 0.929. The molecular weight excluding hydrogens is 228 g/mol. The summed E-state index contributed by atoms with van der Waals surface area (Å²) in [5.74, 6) is 0.0837. The van der Waals surface area contributed by atoms with Crippen molar-refractivity contribution in [2.75, 3.05) is 45.9 Å². The molecule has 1 saturated heterocycles. The van der Waals surface area contributed by atoms with Gasteiger partial charge in [0.2, 0.25) is 0 Å². The van der Waals surface area contributed by atoms with Crippen LogP contribution >= 0.6 is 0 Å². The number of piperidine rings is 1. The van der Waals surface area contributed by atoms with Crippen LogP contribution in [-0.4, -0.2) is 61.6 Å². The Morgan fingerprint density at radius 3 is 2.67 bits per heavy atom. The summed E-state index contributed by atoms with van der Waals surface area (Å²) in [5.41, 5.74) is 0. The molecule has 0 saturated carbocycles. The second-order valence-electron chi connectivity index (χ2n) is 4.92. The highest BCUT2D eigenvalue weighted by atomic mass is 16.5. The van der Waals surface area contributed by atoms with Crippen LogP contribution in [0.1, 0.15) is 33.6 Å². The summed E-state index contributed by atoms with van der Waals surface area (Å²) in [4.78, 5) is 16.6. The molecule has 0 aromatic heterocycles. The summed E-state index contributed by atoms with van der Waals surface area (Å²) in [7, 11) is 0. The van der Waals surface area contributed by atoms with Gasteiger partial charge in [-0.2, -0.15) is 0 Å². The highest BCUT2D eigenvalue weighted by molar-refractivity contribution is 5.72. The quantitative estimate of drug-likeness (QED) is 0.648. The van der Waals surface area contributed by atoms with Gasteiger partial charge in [-0.25, -0.2) is 0 Å². The van der Waals surface area contributed by atoms with Crippen molar-refractivity contribution in [2.45, 2.75) is 33.6 Å². The minimum absolute atomic E-state index is 0.00922. The number of hydrogen-bond acceptors (Lipinski definition) is 4. The first-order chi connectivity index (χ1) is 8.71. The minimum Gasteiger partial charge on any atom is -0.466 e. The Labute approximate surface area is 111 Å². The molecule has 0 radical (unpaired) electrons. The Kier molecular flexibility index (Phi) is 7.28. The smallest absolute Gasteiger partial charge is 0.310 e. The molecule has 106 valence electrons. The molecule has 18 heavy (non-hydrogen) atoms. The van der Waals surface area contributed by atoms with Gasteiger partial charge in [0, 0.05) is 19.6 Å². The molecule has 0 aromatic carbocycles. The van der Waals surface area contributed by atoms with Gasteiger partial charge in [0.05, 0.1) is 12.5 Å². The largest absolute Gasteiger partial charge is 0.466 e. The van der Waals surface area contributed by atoms with Crippen molar-refractivity contribution in [1.82, 2.24) is 9.80 Å². The molecule has 0 bridgehead atoms. The zero-order valence-electron chi connectivity index (χ0n) is 12.2. The average Bonchev–Trinajstić information content (AvgIpc) is 2.40. The van der Waals surface area contributed by atoms with E-state index in [1.54, 1.807) is 0 Å². The maximum Gasteiger partial charge on any atom is 0.310 e. The number of esters is 1. The van der Waals surface area contributed by atoms with Gasteiger partial charge in [-0.3, -0.25) is 4.79 Å². The van der Waals surface area contributed by atoms with Crippen molar-refractivity contribution < 1.29 is 9.53 Å². The van der Waals surface area contributed by atoms with Gasteiger partial charge in [0.1, 0.15) is 0 Å². The molecule has 1 atom stereocenters. The number of nitrogens with zero attached hydrogens (tertiary/aromatic N) is 2. The Balaban J connectivity index is 2.32. The Morgan fingerprint density at radius 2 is 2.06 bits per heavy atom. The lowest BCUT2D eigenvalue weighted by molar-refractivity contribution is -0.149. The van der Waals surface area contributed by atoms with E-state index < -0.39 is 0 Å². The number of carbonyl (C=O) groups is 1. The maximum atomic E-state index is 11.7. The van der Waals surface area contributed by atoms with E-state index in [-0.39, 0.29) is 11.9 Å². The second-order valence-corrected chi connectivity index (χ2v) is 4.92. The molecule has 0 aliphatic carbocycles. The fourth-order valence-corrected chi connectivity index (χ4v) is 2.53. The van der Waals surface area contributed by atoms with Gasteiger partial charge in [0.25, 0.3) is 0 Å². The predicted octanol–water partition coefficient (Wildman–Crippen LogP) is 1.60. The van der Waals surface area contributed by atoms with E-state index in [1.165, 1.54) is 0 Å². The molecule has 0 aromatic rings. The number of ether oxygens (including phenoxy) is 1. The Bertz CT molecular complexity index is 242. The van der Waals surface area contributed by atoms with E-state index in [2.05, 4.69) is 23.6 Å². The van der Waals surface area contributed by atoms with Crippen molar-refractivity contribution in [3.8, 4) is 0 Å². The van der Waals surface area contributed by atoms with Crippen LogP contribution < -0.4 is 0 Å². The van der Waals surface area contributed by atoms with E-state index in [9.17, 15) is 4.79 Å². The van der Waals surface area contributed by atoms with Gasteiger partial charge in [-0.15, -0.1) is 0 Å². The molecule has 1 aliphatic heterocycles. The van der Waals surface area contributed by atoms with Crippen LogP contribution in [-0.2, 0) is 9.53 Å². The van der Waals surface area contributed by atoms with Crippen molar-refractivity contribution in [2.24, 2.45) is 5.92 Å². The third kappa shape index (κ3) is 4.94. The number of hydrogen-bond donors (Lipinski definition) is 0. The fourth-order valence-electron chi connectivity index (χ4n) is 2.53. The van der Waals surface area contributed by atoms with Gasteiger partial charge < -0.3 is 14.5 Å². The number of likely N-dealkylation sites (N-methyl/N-ethyl adjacent to an activating group) is 1. The molecule has 0 amide bonds. The molecule has 1 aliphatic rings. The van der Waals surface area contributed by atoms with Crippen molar-refractivity contribution >= 4 is 5.97 Å². The van der Waals surface area contributed by atoms with Crippen LogP contribution in [0.2, 0.25) is 0 Å². The summed E-state index contributed by atoms with van der Waals surface area (Å²) in [6.45, 7) is 13.1. The first-order valence-corrected chi connectivity index (χ1v) is 7.32. The van der Waals surface area contributed by atoms with Gasteiger partial charge >= 0.3 is 5.97 Å². The molecule has 4 nitrogen and oxygen atoms in total. The molecule has 0 N–H and O–H groups in total. The Hall–Kier alpha value is -0.610. The number of rotatable bonds is 7. The van der Waals surface area contributed by atoms with Gasteiger partial charge in [0.15, 0.2) is 0 Å². The van der Waals surface area contributed by atoms with Gasteiger partial charge in [-0.05, 0) is 39.4 Å². The topological polar surface area (TPSA) is 32.8 Å². The molecule has 1 fully saturated rings. The SMILES string of the molecule is CCOC(=O)[C@@H]1CCCN(CCN(CC)CC)C1. The van der Waals surface area contributed by atoms with E-state index in [4.69, 9.17) is 4.74 Å². The maximum absolute atomic E-state index is 11.7. The van der Waals surface area contributed by atoms with E-state index in [0.29, 0.717) is 6.61 Å². The zero-order valence-corrected chi connectivity index (χ0v) is 12.2. The monoisotopic (exact) mass is 256 g/mol. The molecule has 0 spiro atoms. The van der Waals surface area contributed by atoms with E-state index >= 15 is 0 Å². The molecule has 4 heteroatoms. The standard InChI is InChI=1S/C14H28N2O2/c1-4-15(5-2)10-11-16-9-7-8-13(12-16)14(17)18-6-3/h13H,4-12H2,1-3H3/t13-/m1/s1. The lowest BCUT2D eigenvalue weighted by Crippen LogP contribution is -2.43. The van der Waals surface area contributed by atoms with Crippen LogP contribution in [0.25, 0.3) is 0 Å². The van der Waals surface area contributed by atoms with E-state index in [1.807, 2.05) is 6.92 Å². The highest BCUT2D eigenvalue weighted by Crippen LogP contribution is 2.17. The van der Waals surface area contributed by atoms with Crippen LogP contribution in [0.5, 0.6) is 0 Å². The minimum atomic E-state index is -0.00922. The summed E-state index contributed by atoms with van der Waals surface area (Å²) in [5, 5.41) is 0. The molecule has 0 unspecified atom stereocenters. The van der Waals surface area contributed by atoms with Gasteiger partial charge in [-0.1, -0.05) is 13.8 Å². The molecule has 1 heterocycles. The average molecular weight is 256 g/mol. The second kappa shape index (κ2) is 8.48. The summed E-state index contributed by atoms with van der Waals surface area (Å²) in [6, 6.07) is 0. The Morgan fingerprint density at radius 1 is 1.33 bits per heavy atom. The third-order valence-electron chi connectivity index (χ3n) is 3.75. The summed E-state index contributed by atoms with van der Waals surface area (Å²) in [6.07, 6.45) is 2.10. The summed E-state index contributed by atoms with van der Waals surface area (Å²) < 4.78 is 5.12. The molecular formula is C14H28N2O2. The van der Waals surface area contributed by atoms with Crippen molar-refractivity contribution in [3.63, 3.8) is 0 Å².